The fourth-order valence-electron chi connectivity index (χ4n) is 1.62. The molecule has 1 aliphatic rings. The van der Waals surface area contributed by atoms with Crippen LogP contribution in [0.15, 0.2) is 0 Å². The van der Waals surface area contributed by atoms with Crippen molar-refractivity contribution in [1.82, 2.24) is 0 Å². The first-order valence-electron chi connectivity index (χ1n) is 6.93. The van der Waals surface area contributed by atoms with Crippen LogP contribution in [0.3, 0.4) is 0 Å². The van der Waals surface area contributed by atoms with Gasteiger partial charge in [0.2, 0.25) is 0 Å². The third-order valence-corrected chi connectivity index (χ3v) is 2.56. The molecule has 0 spiro atoms. The normalized spacial score (nSPS) is 14.1. The van der Waals surface area contributed by atoms with E-state index in [1.807, 2.05) is 0 Å². The van der Waals surface area contributed by atoms with Crippen LogP contribution in [-0.4, -0.2) is 30.9 Å². The Morgan fingerprint density at radius 2 is 1.32 bits per heavy atom. The predicted molar refractivity (Wildman–Crippen MR) is 70.6 cm³/mol. The molecule has 5 heteroatoms. The second kappa shape index (κ2) is 11.7. The fourth-order valence-corrected chi connectivity index (χ4v) is 1.62. The summed E-state index contributed by atoms with van der Waals surface area (Å²) in [4.78, 5) is 31.9. The van der Waals surface area contributed by atoms with Gasteiger partial charge in [-0.15, -0.1) is 0 Å². The van der Waals surface area contributed by atoms with Crippen molar-refractivity contribution in [3.63, 3.8) is 0 Å². The molecule has 110 valence electrons. The molecular formula is C14H24O5. The third kappa shape index (κ3) is 11.4. The van der Waals surface area contributed by atoms with Gasteiger partial charge < -0.3 is 9.47 Å². The van der Waals surface area contributed by atoms with E-state index < -0.39 is 0 Å². The molecule has 0 aromatic heterocycles. The molecule has 5 nitrogen and oxygen atoms in total. The van der Waals surface area contributed by atoms with E-state index in [0.29, 0.717) is 19.0 Å². The van der Waals surface area contributed by atoms with Crippen LogP contribution in [0.5, 0.6) is 0 Å². The molecule has 0 N–H and O–H groups in total. The average Bonchev–Trinajstić information content (AvgIpc) is 2.39. The SMILES string of the molecule is CCOC(=O)CCC(=O)OCC.O=C1CCCCC1. The van der Waals surface area contributed by atoms with E-state index in [0.717, 1.165) is 25.7 Å². The van der Waals surface area contributed by atoms with Crippen molar-refractivity contribution < 1.29 is 23.9 Å². The van der Waals surface area contributed by atoms with E-state index in [9.17, 15) is 14.4 Å². The number of ketones is 1. The Morgan fingerprint density at radius 3 is 1.58 bits per heavy atom. The van der Waals surface area contributed by atoms with Gasteiger partial charge in [0.05, 0.1) is 26.1 Å². The van der Waals surface area contributed by atoms with Gasteiger partial charge in [0.1, 0.15) is 5.78 Å². The maximum Gasteiger partial charge on any atom is 0.306 e. The minimum Gasteiger partial charge on any atom is -0.466 e. The second-order valence-corrected chi connectivity index (χ2v) is 4.21. The number of Topliss-reactive ketones (excluding diaryl/α,β-unsaturated/α-hetero) is 1. The molecular weight excluding hydrogens is 248 g/mol. The van der Waals surface area contributed by atoms with Crippen LogP contribution in [0.1, 0.15) is 58.8 Å². The first-order valence-corrected chi connectivity index (χ1v) is 6.93. The number of ether oxygens (including phenoxy) is 2. The summed E-state index contributed by atoms with van der Waals surface area (Å²) in [5, 5.41) is 0. The summed E-state index contributed by atoms with van der Waals surface area (Å²) >= 11 is 0. The molecule has 1 saturated carbocycles. The van der Waals surface area contributed by atoms with Gasteiger partial charge in [-0.3, -0.25) is 14.4 Å². The lowest BCUT2D eigenvalue weighted by Crippen LogP contribution is -2.09. The summed E-state index contributed by atoms with van der Waals surface area (Å²) in [7, 11) is 0. The summed E-state index contributed by atoms with van der Waals surface area (Å²) < 4.78 is 9.25. The number of rotatable bonds is 5. The highest BCUT2D eigenvalue weighted by molar-refractivity contribution is 5.78. The first kappa shape index (κ1) is 17.6. The van der Waals surface area contributed by atoms with E-state index in [4.69, 9.17) is 0 Å². The standard InChI is InChI=1S/C8H14O4.C6H10O/c1-3-11-7(9)5-6-8(10)12-4-2;7-6-4-2-1-3-5-6/h3-6H2,1-2H3;1-5H2. The number of carbonyl (C=O) groups excluding carboxylic acids is 3. The monoisotopic (exact) mass is 272 g/mol. The number of carbonyl (C=O) groups is 3. The molecule has 0 unspecified atom stereocenters. The third-order valence-electron chi connectivity index (χ3n) is 2.56. The second-order valence-electron chi connectivity index (χ2n) is 4.21. The van der Waals surface area contributed by atoms with Gasteiger partial charge in [-0.2, -0.15) is 0 Å². The van der Waals surface area contributed by atoms with Crippen molar-refractivity contribution in [2.24, 2.45) is 0 Å². The van der Waals surface area contributed by atoms with Crippen molar-refractivity contribution in [2.45, 2.75) is 58.8 Å². The minimum atomic E-state index is -0.356. The quantitative estimate of drug-likeness (QED) is 0.719. The molecule has 0 atom stereocenters. The topological polar surface area (TPSA) is 69.7 Å². The molecule has 0 aromatic carbocycles. The summed E-state index contributed by atoms with van der Waals surface area (Å²) in [6.07, 6.45) is 5.45. The molecule has 0 radical (unpaired) electrons. The van der Waals surface area contributed by atoms with E-state index in [-0.39, 0.29) is 24.8 Å². The summed E-state index contributed by atoms with van der Waals surface area (Å²) in [6, 6.07) is 0. The Morgan fingerprint density at radius 1 is 0.895 bits per heavy atom. The number of esters is 2. The van der Waals surface area contributed by atoms with Gasteiger partial charge in [-0.25, -0.2) is 0 Å². The van der Waals surface area contributed by atoms with Crippen LogP contribution in [0, 0.1) is 0 Å². The average molecular weight is 272 g/mol. The van der Waals surface area contributed by atoms with E-state index in [1.54, 1.807) is 13.8 Å². The van der Waals surface area contributed by atoms with Crippen LogP contribution in [0.2, 0.25) is 0 Å². The fraction of sp³-hybridized carbons (Fsp3) is 0.786. The highest BCUT2D eigenvalue weighted by atomic mass is 16.5. The largest absolute Gasteiger partial charge is 0.466 e. The summed E-state index contributed by atoms with van der Waals surface area (Å²) in [6.45, 7) is 4.15. The molecule has 0 heterocycles. The summed E-state index contributed by atoms with van der Waals surface area (Å²) in [5.74, 6) is -0.248. The van der Waals surface area contributed by atoms with Crippen LogP contribution < -0.4 is 0 Å². The molecule has 19 heavy (non-hydrogen) atoms. The lowest BCUT2D eigenvalue weighted by atomic mass is 10.00. The smallest absolute Gasteiger partial charge is 0.306 e. The van der Waals surface area contributed by atoms with Gasteiger partial charge in [0, 0.05) is 12.8 Å². The zero-order valence-corrected chi connectivity index (χ0v) is 11.9. The number of hydrogen-bond donors (Lipinski definition) is 0. The minimum absolute atomic E-state index is 0.104. The maximum atomic E-state index is 10.7. The van der Waals surface area contributed by atoms with Crippen molar-refractivity contribution >= 4 is 17.7 Å². The molecule has 1 rings (SSSR count). The highest BCUT2D eigenvalue weighted by Gasteiger charge is 2.07. The number of hydrogen-bond acceptors (Lipinski definition) is 5. The molecule has 1 aliphatic carbocycles. The van der Waals surface area contributed by atoms with Crippen LogP contribution in [0.4, 0.5) is 0 Å². The molecule has 1 fully saturated rings. The Hall–Kier alpha value is -1.39. The predicted octanol–water partition coefficient (Wildman–Crippen LogP) is 2.41. The van der Waals surface area contributed by atoms with Gasteiger partial charge >= 0.3 is 11.9 Å². The maximum absolute atomic E-state index is 10.7. The van der Waals surface area contributed by atoms with E-state index >= 15 is 0 Å². The van der Waals surface area contributed by atoms with Crippen molar-refractivity contribution in [2.75, 3.05) is 13.2 Å². The molecule has 0 aromatic rings. The van der Waals surface area contributed by atoms with Crippen LogP contribution >= 0.6 is 0 Å². The van der Waals surface area contributed by atoms with Crippen molar-refractivity contribution in [3.05, 3.63) is 0 Å². The van der Waals surface area contributed by atoms with E-state index in [1.165, 1.54) is 6.42 Å². The zero-order chi connectivity index (χ0) is 14.5. The lowest BCUT2D eigenvalue weighted by molar-refractivity contribution is -0.149. The first-order chi connectivity index (χ1) is 9.10. The molecule has 0 amide bonds. The van der Waals surface area contributed by atoms with E-state index in [2.05, 4.69) is 9.47 Å². The van der Waals surface area contributed by atoms with Crippen LogP contribution in [-0.2, 0) is 23.9 Å². The Labute approximate surface area is 114 Å². The lowest BCUT2D eigenvalue weighted by Gasteiger charge is -2.05. The van der Waals surface area contributed by atoms with Crippen molar-refractivity contribution in [3.8, 4) is 0 Å². The molecule has 0 bridgehead atoms. The van der Waals surface area contributed by atoms with Gasteiger partial charge in [-0.05, 0) is 26.7 Å². The van der Waals surface area contributed by atoms with Crippen molar-refractivity contribution in [1.29, 1.82) is 0 Å². The van der Waals surface area contributed by atoms with Crippen LogP contribution in [0.25, 0.3) is 0 Å². The summed E-state index contributed by atoms with van der Waals surface area (Å²) in [5.41, 5.74) is 0. The molecule has 0 saturated heterocycles. The highest BCUT2D eigenvalue weighted by Crippen LogP contribution is 2.12. The van der Waals surface area contributed by atoms with Gasteiger partial charge in [-0.1, -0.05) is 6.42 Å². The Balaban J connectivity index is 0.000000388. The van der Waals surface area contributed by atoms with Gasteiger partial charge in [0.15, 0.2) is 0 Å². The zero-order valence-electron chi connectivity index (χ0n) is 11.9. The Bertz CT molecular complexity index is 260. The Kier molecular flexibility index (Phi) is 10.8. The van der Waals surface area contributed by atoms with Gasteiger partial charge in [0.25, 0.3) is 0 Å². The molecule has 0 aliphatic heterocycles.